The molecule has 7 heteroatoms. The molecule has 1 unspecified atom stereocenters. The zero-order valence-electron chi connectivity index (χ0n) is 18.9. The van der Waals surface area contributed by atoms with Crippen LogP contribution in [0.4, 0.5) is 0 Å². The van der Waals surface area contributed by atoms with Crippen molar-refractivity contribution in [3.8, 4) is 11.5 Å². The van der Waals surface area contributed by atoms with E-state index in [1.54, 1.807) is 12.1 Å². The van der Waals surface area contributed by atoms with Gasteiger partial charge in [-0.15, -0.1) is 0 Å². The third-order valence-corrected chi connectivity index (χ3v) is 5.51. The van der Waals surface area contributed by atoms with Crippen LogP contribution in [0.3, 0.4) is 0 Å². The van der Waals surface area contributed by atoms with Crippen LogP contribution in [0.2, 0.25) is 0 Å². The monoisotopic (exact) mass is 450 g/mol. The number of nitrogens with zero attached hydrogens (tertiary/aromatic N) is 1. The van der Waals surface area contributed by atoms with Crippen molar-refractivity contribution in [2.75, 3.05) is 39.5 Å². The molecule has 7 nitrogen and oxygen atoms in total. The molecule has 4 rings (SSSR count). The lowest BCUT2D eigenvalue weighted by Crippen LogP contribution is -2.44. The van der Waals surface area contributed by atoms with Crippen molar-refractivity contribution in [1.82, 2.24) is 10.2 Å². The Labute approximate surface area is 194 Å². The molecule has 0 saturated carbocycles. The minimum atomic E-state index is -0.180. The van der Waals surface area contributed by atoms with Gasteiger partial charge in [0.05, 0.1) is 19.3 Å². The minimum absolute atomic E-state index is 0.0346. The highest BCUT2D eigenvalue weighted by Crippen LogP contribution is 2.23. The van der Waals surface area contributed by atoms with Crippen LogP contribution >= 0.6 is 0 Å². The molecule has 3 aromatic rings. The number of nitrogens with one attached hydrogen (secondary N) is 1. The van der Waals surface area contributed by atoms with Crippen molar-refractivity contribution in [2.45, 2.75) is 19.6 Å². The highest BCUT2D eigenvalue weighted by atomic mass is 16.5. The van der Waals surface area contributed by atoms with Crippen LogP contribution in [0.15, 0.2) is 71.1 Å². The summed E-state index contributed by atoms with van der Waals surface area (Å²) in [5.74, 6) is 2.89. The fraction of sp³-hybridized carbons (Fsp3) is 0.346. The maximum Gasteiger partial charge on any atom is 0.258 e. The number of carbonyl (C=O) groups is 1. The largest absolute Gasteiger partial charge is 0.489 e. The zero-order valence-corrected chi connectivity index (χ0v) is 18.9. The average Bonchev–Trinajstić information content (AvgIpc) is 3.29. The first-order valence-electron chi connectivity index (χ1n) is 11.2. The summed E-state index contributed by atoms with van der Waals surface area (Å²) in [5, 5.41) is 2.98. The van der Waals surface area contributed by atoms with E-state index in [-0.39, 0.29) is 18.6 Å². The molecule has 2 heterocycles. The lowest BCUT2D eigenvalue weighted by atomic mass is 10.1. The maximum atomic E-state index is 12.4. The van der Waals surface area contributed by atoms with Crippen LogP contribution in [0.25, 0.3) is 0 Å². The molecule has 1 amide bonds. The van der Waals surface area contributed by atoms with Crippen molar-refractivity contribution < 1.29 is 23.4 Å². The Morgan fingerprint density at radius 2 is 1.67 bits per heavy atom. The molecule has 1 aliphatic rings. The summed E-state index contributed by atoms with van der Waals surface area (Å²) < 4.78 is 22.7. The smallest absolute Gasteiger partial charge is 0.258 e. The molecule has 1 atom stereocenters. The van der Waals surface area contributed by atoms with E-state index in [1.807, 2.05) is 61.5 Å². The van der Waals surface area contributed by atoms with E-state index in [9.17, 15) is 4.79 Å². The standard InChI is InChI=1S/C26H30N2O5/c1-20-7-12-25(33-20)24(28-13-15-30-16-14-28)17-27-26(29)19-32-23-10-8-22(9-11-23)31-18-21-5-3-2-4-6-21/h2-12,24H,13-19H2,1H3,(H,27,29). The van der Waals surface area contributed by atoms with Crippen LogP contribution in [0.5, 0.6) is 11.5 Å². The quantitative estimate of drug-likeness (QED) is 0.507. The Bertz CT molecular complexity index is 997. The topological polar surface area (TPSA) is 73.2 Å². The number of morpholine rings is 1. The fourth-order valence-electron chi connectivity index (χ4n) is 3.71. The number of benzene rings is 2. The molecular weight excluding hydrogens is 420 g/mol. The van der Waals surface area contributed by atoms with Crippen molar-refractivity contribution in [3.63, 3.8) is 0 Å². The zero-order chi connectivity index (χ0) is 22.9. The van der Waals surface area contributed by atoms with Gasteiger partial charge in [0.25, 0.3) is 5.91 Å². The van der Waals surface area contributed by atoms with Gasteiger partial charge in [-0.05, 0) is 48.9 Å². The molecule has 1 aliphatic heterocycles. The van der Waals surface area contributed by atoms with Gasteiger partial charge in [-0.1, -0.05) is 30.3 Å². The summed E-state index contributed by atoms with van der Waals surface area (Å²) in [4.78, 5) is 14.7. The third kappa shape index (κ3) is 6.84. The Balaban J connectivity index is 1.24. The SMILES string of the molecule is Cc1ccc(C(CNC(=O)COc2ccc(OCc3ccccc3)cc2)N2CCOCC2)o1. The number of rotatable bonds is 10. The van der Waals surface area contributed by atoms with Crippen LogP contribution in [-0.2, 0) is 16.1 Å². The summed E-state index contributed by atoms with van der Waals surface area (Å²) in [6.07, 6.45) is 0. The van der Waals surface area contributed by atoms with Gasteiger partial charge in [-0.2, -0.15) is 0 Å². The highest BCUT2D eigenvalue weighted by Gasteiger charge is 2.25. The summed E-state index contributed by atoms with van der Waals surface area (Å²) in [5.41, 5.74) is 1.11. The molecule has 33 heavy (non-hydrogen) atoms. The Morgan fingerprint density at radius 3 is 2.33 bits per heavy atom. The molecule has 1 saturated heterocycles. The number of aryl methyl sites for hydroxylation is 1. The Morgan fingerprint density at radius 1 is 0.970 bits per heavy atom. The maximum absolute atomic E-state index is 12.4. The lowest BCUT2D eigenvalue weighted by Gasteiger charge is -2.33. The van der Waals surface area contributed by atoms with Crippen LogP contribution in [0.1, 0.15) is 23.1 Å². The second-order valence-electron chi connectivity index (χ2n) is 7.95. The van der Waals surface area contributed by atoms with E-state index in [0.717, 1.165) is 35.9 Å². The average molecular weight is 451 g/mol. The number of amides is 1. The van der Waals surface area contributed by atoms with Crippen LogP contribution in [-0.4, -0.2) is 50.3 Å². The summed E-state index contributed by atoms with van der Waals surface area (Å²) in [7, 11) is 0. The van der Waals surface area contributed by atoms with E-state index in [1.165, 1.54) is 0 Å². The first-order chi connectivity index (χ1) is 16.2. The summed E-state index contributed by atoms with van der Waals surface area (Å²) >= 11 is 0. The van der Waals surface area contributed by atoms with Crippen molar-refractivity contribution in [3.05, 3.63) is 83.8 Å². The number of carbonyl (C=O) groups excluding carboxylic acids is 1. The predicted molar refractivity (Wildman–Crippen MR) is 124 cm³/mol. The molecule has 1 aromatic heterocycles. The second-order valence-corrected chi connectivity index (χ2v) is 7.95. The summed E-state index contributed by atoms with van der Waals surface area (Å²) in [6, 6.07) is 21.2. The van der Waals surface area contributed by atoms with E-state index >= 15 is 0 Å². The van der Waals surface area contributed by atoms with E-state index in [0.29, 0.717) is 32.1 Å². The van der Waals surface area contributed by atoms with Gasteiger partial charge in [0.2, 0.25) is 0 Å². The summed E-state index contributed by atoms with van der Waals surface area (Å²) in [6.45, 7) is 5.77. The second kappa shape index (κ2) is 11.5. The minimum Gasteiger partial charge on any atom is -0.489 e. The van der Waals surface area contributed by atoms with Crippen molar-refractivity contribution in [2.24, 2.45) is 0 Å². The predicted octanol–water partition coefficient (Wildman–Crippen LogP) is 3.74. The van der Waals surface area contributed by atoms with Gasteiger partial charge in [0.1, 0.15) is 29.6 Å². The molecule has 1 N–H and O–H groups in total. The van der Waals surface area contributed by atoms with Gasteiger partial charge in [0, 0.05) is 19.6 Å². The normalized spacial score (nSPS) is 15.1. The number of furan rings is 1. The molecule has 0 spiro atoms. The molecule has 1 fully saturated rings. The third-order valence-electron chi connectivity index (χ3n) is 5.51. The first-order valence-corrected chi connectivity index (χ1v) is 11.2. The lowest BCUT2D eigenvalue weighted by molar-refractivity contribution is -0.123. The van der Waals surface area contributed by atoms with Gasteiger partial charge in [-0.25, -0.2) is 0 Å². The molecule has 2 aromatic carbocycles. The van der Waals surface area contributed by atoms with E-state index in [4.69, 9.17) is 18.6 Å². The Kier molecular flexibility index (Phi) is 8.00. The van der Waals surface area contributed by atoms with E-state index in [2.05, 4.69) is 10.2 Å². The van der Waals surface area contributed by atoms with E-state index < -0.39 is 0 Å². The number of hydrogen-bond acceptors (Lipinski definition) is 6. The number of hydrogen-bond donors (Lipinski definition) is 1. The first kappa shape index (κ1) is 22.9. The molecule has 0 radical (unpaired) electrons. The van der Waals surface area contributed by atoms with Gasteiger partial charge >= 0.3 is 0 Å². The Hall–Kier alpha value is -3.29. The van der Waals surface area contributed by atoms with Crippen LogP contribution in [0, 0.1) is 6.92 Å². The molecule has 0 bridgehead atoms. The highest BCUT2D eigenvalue weighted by molar-refractivity contribution is 5.77. The number of ether oxygens (including phenoxy) is 3. The van der Waals surface area contributed by atoms with Gasteiger partial charge in [0.15, 0.2) is 6.61 Å². The van der Waals surface area contributed by atoms with Gasteiger partial charge in [-0.3, -0.25) is 9.69 Å². The molecular formula is C26H30N2O5. The fourth-order valence-corrected chi connectivity index (χ4v) is 3.71. The van der Waals surface area contributed by atoms with Crippen molar-refractivity contribution >= 4 is 5.91 Å². The molecule has 174 valence electrons. The van der Waals surface area contributed by atoms with Gasteiger partial charge < -0.3 is 23.9 Å². The van der Waals surface area contributed by atoms with Crippen LogP contribution < -0.4 is 14.8 Å². The molecule has 0 aliphatic carbocycles. The van der Waals surface area contributed by atoms with Crippen molar-refractivity contribution in [1.29, 1.82) is 0 Å².